The van der Waals surface area contributed by atoms with Crippen molar-refractivity contribution in [3.8, 4) is 0 Å². The molecule has 0 fully saturated rings. The number of halogens is 1. The van der Waals surface area contributed by atoms with E-state index in [1.807, 2.05) is 20.8 Å². The molecule has 0 spiro atoms. The Hall–Kier alpha value is -1.51. The first kappa shape index (κ1) is 24.5. The molecule has 1 rings (SSSR count). The van der Waals surface area contributed by atoms with Gasteiger partial charge >= 0.3 is 6.09 Å². The van der Waals surface area contributed by atoms with Gasteiger partial charge in [-0.15, -0.1) is 24.0 Å². The number of rotatable bonds is 6. The van der Waals surface area contributed by atoms with Crippen LogP contribution in [0.25, 0.3) is 0 Å². The third-order valence-corrected chi connectivity index (χ3v) is 3.50. The van der Waals surface area contributed by atoms with Crippen LogP contribution in [-0.2, 0) is 4.74 Å². The third-order valence-electron chi connectivity index (χ3n) is 3.50. The number of amides is 1. The zero-order valence-electron chi connectivity index (χ0n) is 16.7. The average molecular weight is 476 g/mol. The van der Waals surface area contributed by atoms with Crippen LogP contribution in [0, 0.1) is 6.92 Å². The van der Waals surface area contributed by atoms with Gasteiger partial charge in [-0.2, -0.15) is 0 Å². The Balaban J connectivity index is 0.00000625. The minimum Gasteiger partial charge on any atom is -0.444 e. The van der Waals surface area contributed by atoms with Gasteiger partial charge in [-0.05, 0) is 39.2 Å². The highest BCUT2D eigenvalue weighted by molar-refractivity contribution is 14.0. The van der Waals surface area contributed by atoms with Crippen LogP contribution in [0.5, 0.6) is 0 Å². The molecule has 0 aliphatic rings. The smallest absolute Gasteiger partial charge is 0.407 e. The second-order valence-corrected chi connectivity index (χ2v) is 7.12. The first-order valence-corrected chi connectivity index (χ1v) is 8.69. The van der Waals surface area contributed by atoms with Crippen molar-refractivity contribution in [2.45, 2.75) is 46.1 Å². The van der Waals surface area contributed by atoms with E-state index in [4.69, 9.17) is 4.74 Å². The lowest BCUT2D eigenvalue weighted by Gasteiger charge is -2.20. The predicted octanol–water partition coefficient (Wildman–Crippen LogP) is 3.41. The quantitative estimate of drug-likeness (QED) is 0.255. The summed E-state index contributed by atoms with van der Waals surface area (Å²) < 4.78 is 5.18. The second kappa shape index (κ2) is 12.0. The summed E-state index contributed by atoms with van der Waals surface area (Å²) in [7, 11) is 1.73. The van der Waals surface area contributed by atoms with Gasteiger partial charge in [0.05, 0.1) is 0 Å². The topological polar surface area (TPSA) is 74.8 Å². The summed E-state index contributed by atoms with van der Waals surface area (Å²) >= 11 is 0. The van der Waals surface area contributed by atoms with E-state index in [9.17, 15) is 4.79 Å². The monoisotopic (exact) mass is 476 g/mol. The Morgan fingerprint density at radius 1 is 1.19 bits per heavy atom. The molecule has 1 aromatic rings. The summed E-state index contributed by atoms with van der Waals surface area (Å²) in [6.07, 6.45) is -0.412. The standard InChI is InChI=1S/C19H32N4O2.HI/c1-14-8-7-9-16(12-14)15(2)13-23-17(20-6)21-10-11-22-18(24)25-19(3,4)5;/h7-9,12,15H,10-11,13H2,1-6H3,(H,22,24)(H2,20,21,23);1H. The van der Waals surface area contributed by atoms with Gasteiger partial charge in [-0.25, -0.2) is 4.79 Å². The zero-order chi connectivity index (χ0) is 18.9. The molecule has 1 unspecified atom stereocenters. The average Bonchev–Trinajstić information content (AvgIpc) is 2.52. The van der Waals surface area contributed by atoms with Gasteiger partial charge in [0, 0.05) is 26.7 Å². The van der Waals surface area contributed by atoms with E-state index in [2.05, 4.69) is 59.1 Å². The molecule has 7 heteroatoms. The van der Waals surface area contributed by atoms with Crippen molar-refractivity contribution in [2.24, 2.45) is 4.99 Å². The van der Waals surface area contributed by atoms with Gasteiger partial charge in [0.15, 0.2) is 5.96 Å². The lowest BCUT2D eigenvalue weighted by molar-refractivity contribution is 0.0529. The Kier molecular flexibility index (Phi) is 11.3. The Labute approximate surface area is 174 Å². The summed E-state index contributed by atoms with van der Waals surface area (Å²) in [5.41, 5.74) is 2.08. The molecule has 0 aromatic heterocycles. The summed E-state index contributed by atoms with van der Waals surface area (Å²) in [6, 6.07) is 8.52. The van der Waals surface area contributed by atoms with Gasteiger partial charge in [-0.1, -0.05) is 36.8 Å². The van der Waals surface area contributed by atoms with Crippen LogP contribution in [-0.4, -0.2) is 44.3 Å². The molecular formula is C19H33IN4O2. The lowest BCUT2D eigenvalue weighted by atomic mass is 9.99. The highest BCUT2D eigenvalue weighted by Crippen LogP contribution is 2.15. The largest absolute Gasteiger partial charge is 0.444 e. The first-order valence-electron chi connectivity index (χ1n) is 8.69. The maximum Gasteiger partial charge on any atom is 0.407 e. The molecule has 1 atom stereocenters. The number of aryl methyl sites for hydroxylation is 1. The fraction of sp³-hybridized carbons (Fsp3) is 0.579. The van der Waals surface area contributed by atoms with Crippen molar-refractivity contribution in [2.75, 3.05) is 26.7 Å². The van der Waals surface area contributed by atoms with Crippen molar-refractivity contribution in [1.29, 1.82) is 0 Å². The molecule has 1 amide bonds. The predicted molar refractivity (Wildman–Crippen MR) is 119 cm³/mol. The van der Waals surface area contributed by atoms with Gasteiger partial charge in [0.2, 0.25) is 0 Å². The number of aliphatic imine (C=N–C) groups is 1. The van der Waals surface area contributed by atoms with Crippen LogP contribution < -0.4 is 16.0 Å². The van der Waals surface area contributed by atoms with Gasteiger partial charge in [0.1, 0.15) is 5.60 Å². The number of guanidine groups is 1. The van der Waals surface area contributed by atoms with E-state index in [-0.39, 0.29) is 24.0 Å². The van der Waals surface area contributed by atoms with Gasteiger partial charge in [-0.3, -0.25) is 4.99 Å². The van der Waals surface area contributed by atoms with Crippen LogP contribution in [0.3, 0.4) is 0 Å². The van der Waals surface area contributed by atoms with Crippen LogP contribution in [0.2, 0.25) is 0 Å². The summed E-state index contributed by atoms with van der Waals surface area (Å²) in [6.45, 7) is 11.6. The number of carbonyl (C=O) groups is 1. The van der Waals surface area contributed by atoms with E-state index in [0.29, 0.717) is 25.0 Å². The maximum absolute atomic E-state index is 11.6. The fourth-order valence-corrected chi connectivity index (χ4v) is 2.22. The molecule has 0 saturated heterocycles. The molecule has 6 nitrogen and oxygen atoms in total. The molecule has 0 radical (unpaired) electrons. The van der Waals surface area contributed by atoms with E-state index >= 15 is 0 Å². The summed E-state index contributed by atoms with van der Waals surface area (Å²) in [5, 5.41) is 9.19. The second-order valence-electron chi connectivity index (χ2n) is 7.12. The first-order chi connectivity index (χ1) is 11.7. The number of ether oxygens (including phenoxy) is 1. The molecule has 0 aliphatic heterocycles. The van der Waals surface area contributed by atoms with Crippen molar-refractivity contribution < 1.29 is 9.53 Å². The molecule has 0 saturated carbocycles. The van der Waals surface area contributed by atoms with Crippen molar-refractivity contribution in [3.05, 3.63) is 35.4 Å². The molecule has 0 heterocycles. The maximum atomic E-state index is 11.6. The Morgan fingerprint density at radius 2 is 1.85 bits per heavy atom. The van der Waals surface area contributed by atoms with Crippen LogP contribution >= 0.6 is 24.0 Å². The highest BCUT2D eigenvalue weighted by atomic mass is 127. The molecule has 26 heavy (non-hydrogen) atoms. The van der Waals surface area contributed by atoms with Crippen molar-refractivity contribution in [1.82, 2.24) is 16.0 Å². The van der Waals surface area contributed by atoms with Gasteiger partial charge < -0.3 is 20.7 Å². The number of hydrogen-bond acceptors (Lipinski definition) is 3. The van der Waals surface area contributed by atoms with Crippen LogP contribution in [0.4, 0.5) is 4.79 Å². The SMILES string of the molecule is CN=C(NCCNC(=O)OC(C)(C)C)NCC(C)c1cccc(C)c1.I. The molecule has 1 aromatic carbocycles. The van der Waals surface area contributed by atoms with E-state index in [0.717, 1.165) is 6.54 Å². The Morgan fingerprint density at radius 3 is 2.42 bits per heavy atom. The van der Waals surface area contributed by atoms with Crippen molar-refractivity contribution in [3.63, 3.8) is 0 Å². The number of alkyl carbamates (subject to hydrolysis) is 1. The minimum atomic E-state index is -0.485. The molecule has 3 N–H and O–H groups in total. The molecule has 0 bridgehead atoms. The van der Waals surface area contributed by atoms with Crippen LogP contribution in [0.1, 0.15) is 44.7 Å². The molecule has 0 aliphatic carbocycles. The number of hydrogen-bond donors (Lipinski definition) is 3. The van der Waals surface area contributed by atoms with E-state index < -0.39 is 11.7 Å². The summed E-state index contributed by atoms with van der Waals surface area (Å²) in [5.74, 6) is 1.09. The van der Waals surface area contributed by atoms with Gasteiger partial charge in [0.25, 0.3) is 0 Å². The Bertz CT molecular complexity index is 585. The highest BCUT2D eigenvalue weighted by Gasteiger charge is 2.15. The van der Waals surface area contributed by atoms with Crippen LogP contribution in [0.15, 0.2) is 29.3 Å². The van der Waals surface area contributed by atoms with E-state index in [1.165, 1.54) is 11.1 Å². The minimum absolute atomic E-state index is 0. The number of carbonyl (C=O) groups excluding carboxylic acids is 1. The summed E-state index contributed by atoms with van der Waals surface area (Å²) in [4.78, 5) is 15.8. The third kappa shape index (κ3) is 10.5. The lowest BCUT2D eigenvalue weighted by Crippen LogP contribution is -2.43. The molecule has 148 valence electrons. The number of nitrogens with one attached hydrogen (secondary N) is 3. The van der Waals surface area contributed by atoms with Crippen molar-refractivity contribution >= 4 is 36.0 Å². The zero-order valence-corrected chi connectivity index (χ0v) is 19.0. The number of nitrogens with zero attached hydrogens (tertiary/aromatic N) is 1. The molecular weight excluding hydrogens is 443 g/mol. The fourth-order valence-electron chi connectivity index (χ4n) is 2.22. The van der Waals surface area contributed by atoms with E-state index in [1.54, 1.807) is 7.05 Å². The normalized spacial score (nSPS) is 12.6. The number of benzene rings is 1.